The van der Waals surface area contributed by atoms with Crippen LogP contribution in [0.4, 0.5) is 0 Å². The summed E-state index contributed by atoms with van der Waals surface area (Å²) in [4.78, 5) is 11.5. The van der Waals surface area contributed by atoms with Gasteiger partial charge in [-0.25, -0.2) is 0 Å². The number of amides is 1. The zero-order valence-corrected chi connectivity index (χ0v) is 12.2. The van der Waals surface area contributed by atoms with Crippen LogP contribution in [0.1, 0.15) is 12.5 Å². The van der Waals surface area contributed by atoms with Gasteiger partial charge >= 0.3 is 0 Å². The predicted octanol–water partition coefficient (Wildman–Crippen LogP) is 2.75. The van der Waals surface area contributed by atoms with Crippen molar-refractivity contribution >= 4 is 5.91 Å². The molecule has 0 saturated heterocycles. The Balaban J connectivity index is 2.21. The van der Waals surface area contributed by atoms with Crippen molar-refractivity contribution in [3.63, 3.8) is 0 Å². The number of ether oxygens (including phenoxy) is 1. The third-order valence-electron chi connectivity index (χ3n) is 3.21. The minimum absolute atomic E-state index is 0.00878. The molecule has 0 spiro atoms. The number of hydrogen-bond donors (Lipinski definition) is 2. The Kier molecular flexibility index (Phi) is 4.82. The summed E-state index contributed by atoms with van der Waals surface area (Å²) < 4.78 is 5.17. The number of phenolic OH excluding ortho intramolecular Hbond substituents is 1. The summed E-state index contributed by atoms with van der Waals surface area (Å²) in [6.07, 6.45) is 0.359. The number of nitrogens with one attached hydrogen (secondary N) is 1. The number of likely N-dealkylation sites (N-methyl/N-ethyl adjacent to an activating group) is 1. The predicted molar refractivity (Wildman–Crippen MR) is 82.5 cm³/mol. The highest BCUT2D eigenvalue weighted by Crippen LogP contribution is 2.32. The maximum atomic E-state index is 11.5. The number of hydrogen-bond acceptors (Lipinski definition) is 3. The summed E-state index contributed by atoms with van der Waals surface area (Å²) in [5.41, 5.74) is 2.53. The largest absolute Gasteiger partial charge is 0.507 e. The highest BCUT2D eigenvalue weighted by atomic mass is 16.5. The number of methoxy groups -OCH3 is 1. The molecule has 4 heteroatoms. The van der Waals surface area contributed by atoms with E-state index < -0.39 is 0 Å². The number of carbonyl (C=O) groups is 1. The van der Waals surface area contributed by atoms with Gasteiger partial charge in [-0.3, -0.25) is 4.79 Å². The van der Waals surface area contributed by atoms with E-state index in [0.717, 1.165) is 11.1 Å². The van der Waals surface area contributed by atoms with Crippen molar-refractivity contribution in [3.8, 4) is 22.6 Å². The van der Waals surface area contributed by atoms with Gasteiger partial charge in [0.05, 0.1) is 13.5 Å². The van der Waals surface area contributed by atoms with Crippen molar-refractivity contribution in [2.75, 3.05) is 13.7 Å². The third kappa shape index (κ3) is 3.75. The Morgan fingerprint density at radius 2 is 1.90 bits per heavy atom. The molecule has 4 nitrogen and oxygen atoms in total. The molecule has 0 aliphatic heterocycles. The molecule has 0 atom stereocenters. The molecular formula is C17H19NO3. The smallest absolute Gasteiger partial charge is 0.224 e. The first-order valence-electron chi connectivity index (χ1n) is 6.87. The monoisotopic (exact) mass is 285 g/mol. The van der Waals surface area contributed by atoms with Gasteiger partial charge in [-0.2, -0.15) is 0 Å². The van der Waals surface area contributed by atoms with Crippen molar-refractivity contribution in [1.29, 1.82) is 0 Å². The normalized spacial score (nSPS) is 10.2. The number of benzene rings is 2. The maximum absolute atomic E-state index is 11.5. The van der Waals surface area contributed by atoms with Crippen LogP contribution in [0, 0.1) is 0 Å². The molecule has 0 heterocycles. The van der Waals surface area contributed by atoms with Crippen LogP contribution < -0.4 is 10.1 Å². The highest BCUT2D eigenvalue weighted by Gasteiger charge is 2.07. The number of carbonyl (C=O) groups excluding carboxylic acids is 1. The zero-order chi connectivity index (χ0) is 15.2. The van der Waals surface area contributed by atoms with E-state index in [0.29, 0.717) is 24.3 Å². The SMILES string of the molecule is CCNC(=O)Cc1ccc(-c2cc(OC)ccc2O)cc1. The fourth-order valence-electron chi connectivity index (χ4n) is 2.12. The molecule has 0 unspecified atom stereocenters. The second kappa shape index (κ2) is 6.79. The van der Waals surface area contributed by atoms with Crippen LogP contribution in [0.2, 0.25) is 0 Å². The quantitative estimate of drug-likeness (QED) is 0.888. The van der Waals surface area contributed by atoms with Crippen LogP contribution in [0.25, 0.3) is 11.1 Å². The van der Waals surface area contributed by atoms with Crippen LogP contribution in [-0.2, 0) is 11.2 Å². The van der Waals surface area contributed by atoms with Gasteiger partial charge in [0.1, 0.15) is 11.5 Å². The maximum Gasteiger partial charge on any atom is 0.224 e. The van der Waals surface area contributed by atoms with E-state index >= 15 is 0 Å². The molecule has 0 saturated carbocycles. The number of aromatic hydroxyl groups is 1. The second-order valence-corrected chi connectivity index (χ2v) is 4.71. The Morgan fingerprint density at radius 3 is 2.52 bits per heavy atom. The van der Waals surface area contributed by atoms with Crippen LogP contribution in [0.5, 0.6) is 11.5 Å². The van der Waals surface area contributed by atoms with E-state index in [1.165, 1.54) is 0 Å². The van der Waals surface area contributed by atoms with E-state index in [9.17, 15) is 9.90 Å². The molecule has 2 N–H and O–H groups in total. The Bertz CT molecular complexity index is 620. The molecule has 0 aliphatic carbocycles. The van der Waals surface area contributed by atoms with E-state index in [-0.39, 0.29) is 11.7 Å². The molecule has 0 bridgehead atoms. The lowest BCUT2D eigenvalue weighted by molar-refractivity contribution is -0.120. The molecule has 2 aromatic rings. The molecule has 2 rings (SSSR count). The Hall–Kier alpha value is -2.49. The lowest BCUT2D eigenvalue weighted by Gasteiger charge is -2.08. The summed E-state index contributed by atoms with van der Waals surface area (Å²) in [5.74, 6) is 0.899. The first-order chi connectivity index (χ1) is 10.1. The van der Waals surface area contributed by atoms with Crippen molar-refractivity contribution < 1.29 is 14.6 Å². The summed E-state index contributed by atoms with van der Waals surface area (Å²) in [5, 5.41) is 12.7. The molecule has 1 amide bonds. The number of rotatable bonds is 5. The van der Waals surface area contributed by atoms with Gasteiger partial charge in [0.2, 0.25) is 5.91 Å². The molecular weight excluding hydrogens is 266 g/mol. The van der Waals surface area contributed by atoms with Crippen molar-refractivity contribution in [3.05, 3.63) is 48.0 Å². The lowest BCUT2D eigenvalue weighted by Crippen LogP contribution is -2.24. The summed E-state index contributed by atoms with van der Waals surface area (Å²) in [6.45, 7) is 2.53. The Labute approximate surface area is 124 Å². The average Bonchev–Trinajstić information content (AvgIpc) is 2.49. The van der Waals surface area contributed by atoms with E-state index in [4.69, 9.17) is 4.74 Å². The van der Waals surface area contributed by atoms with Crippen LogP contribution in [0.15, 0.2) is 42.5 Å². The molecule has 0 aliphatic rings. The number of phenols is 1. The molecule has 2 aromatic carbocycles. The van der Waals surface area contributed by atoms with E-state index in [1.807, 2.05) is 31.2 Å². The van der Waals surface area contributed by atoms with Crippen molar-refractivity contribution in [2.45, 2.75) is 13.3 Å². The van der Waals surface area contributed by atoms with Crippen molar-refractivity contribution in [1.82, 2.24) is 5.32 Å². The minimum atomic E-state index is 0.00878. The van der Waals surface area contributed by atoms with Gasteiger partial charge in [-0.05, 0) is 36.2 Å². The van der Waals surface area contributed by atoms with Gasteiger partial charge in [-0.15, -0.1) is 0 Å². The van der Waals surface area contributed by atoms with E-state index in [1.54, 1.807) is 25.3 Å². The first-order valence-corrected chi connectivity index (χ1v) is 6.87. The standard InChI is InChI=1S/C17H19NO3/c1-3-18-17(20)10-12-4-6-13(7-5-12)15-11-14(21-2)8-9-16(15)19/h4-9,11,19H,3,10H2,1-2H3,(H,18,20). The van der Waals surface area contributed by atoms with Crippen LogP contribution >= 0.6 is 0 Å². The second-order valence-electron chi connectivity index (χ2n) is 4.71. The van der Waals surface area contributed by atoms with Crippen LogP contribution in [-0.4, -0.2) is 24.7 Å². The average molecular weight is 285 g/mol. The molecule has 0 fully saturated rings. The third-order valence-corrected chi connectivity index (χ3v) is 3.21. The van der Waals surface area contributed by atoms with Gasteiger partial charge in [-0.1, -0.05) is 24.3 Å². The molecule has 21 heavy (non-hydrogen) atoms. The first kappa shape index (κ1) is 14.9. The topological polar surface area (TPSA) is 58.6 Å². The van der Waals surface area contributed by atoms with Gasteiger partial charge < -0.3 is 15.2 Å². The summed E-state index contributed by atoms with van der Waals surface area (Å²) >= 11 is 0. The Morgan fingerprint density at radius 1 is 1.19 bits per heavy atom. The van der Waals surface area contributed by atoms with Gasteiger partial charge in [0.15, 0.2) is 0 Å². The van der Waals surface area contributed by atoms with Gasteiger partial charge in [0, 0.05) is 12.1 Å². The van der Waals surface area contributed by atoms with Gasteiger partial charge in [0.25, 0.3) is 0 Å². The summed E-state index contributed by atoms with van der Waals surface area (Å²) in [7, 11) is 1.59. The van der Waals surface area contributed by atoms with Crippen LogP contribution in [0.3, 0.4) is 0 Å². The molecule has 0 aromatic heterocycles. The minimum Gasteiger partial charge on any atom is -0.507 e. The fourth-order valence-corrected chi connectivity index (χ4v) is 2.12. The lowest BCUT2D eigenvalue weighted by atomic mass is 10.0. The molecule has 0 radical (unpaired) electrons. The van der Waals surface area contributed by atoms with Crippen molar-refractivity contribution in [2.24, 2.45) is 0 Å². The molecule has 110 valence electrons. The highest BCUT2D eigenvalue weighted by molar-refractivity contribution is 5.79. The zero-order valence-electron chi connectivity index (χ0n) is 12.2. The fraction of sp³-hybridized carbons (Fsp3) is 0.235. The summed E-state index contributed by atoms with van der Waals surface area (Å²) in [6, 6.07) is 12.7. The van der Waals surface area contributed by atoms with E-state index in [2.05, 4.69) is 5.32 Å².